The molecule has 0 aliphatic heterocycles. The lowest BCUT2D eigenvalue weighted by Gasteiger charge is -2.16. The van der Waals surface area contributed by atoms with Crippen LogP contribution in [0.25, 0.3) is 21.9 Å². The smallest absolute Gasteiger partial charge is 0.159 e. The van der Waals surface area contributed by atoms with E-state index in [1.54, 1.807) is 7.11 Å². The van der Waals surface area contributed by atoms with Crippen molar-refractivity contribution < 1.29 is 23.0 Å². The summed E-state index contributed by atoms with van der Waals surface area (Å²) in [5.41, 5.74) is 1.17. The zero-order valence-electron chi connectivity index (χ0n) is 16.6. The zero-order valence-corrected chi connectivity index (χ0v) is 16.6. The van der Waals surface area contributed by atoms with Crippen LogP contribution in [-0.2, 0) is 0 Å². The van der Waals surface area contributed by atoms with Crippen molar-refractivity contribution in [1.29, 1.82) is 0 Å². The normalized spacial score (nSPS) is 10.8. The second-order valence-corrected chi connectivity index (χ2v) is 6.66. The van der Waals surface area contributed by atoms with Gasteiger partial charge in [-0.2, -0.15) is 0 Å². The number of methoxy groups -OCH3 is 1. The maximum Gasteiger partial charge on any atom is 0.159 e. The van der Waals surface area contributed by atoms with Gasteiger partial charge in [0.2, 0.25) is 0 Å². The minimum absolute atomic E-state index is 0.521. The third kappa shape index (κ3) is 3.92. The third-order valence-electron chi connectivity index (χ3n) is 4.76. The SMILES string of the molecule is CCOc1ccc(Oc2c(-c3ccc(F)c(F)c3)ccc3cc(OC)ccc23)cc1. The van der Waals surface area contributed by atoms with Crippen molar-refractivity contribution in [1.82, 2.24) is 0 Å². The summed E-state index contributed by atoms with van der Waals surface area (Å²) in [6.07, 6.45) is 0. The maximum atomic E-state index is 13.9. The van der Waals surface area contributed by atoms with Gasteiger partial charge < -0.3 is 14.2 Å². The van der Waals surface area contributed by atoms with Crippen molar-refractivity contribution >= 4 is 10.8 Å². The van der Waals surface area contributed by atoms with E-state index in [0.717, 1.165) is 28.3 Å². The summed E-state index contributed by atoms with van der Waals surface area (Å²) in [6.45, 7) is 2.49. The molecule has 5 heteroatoms. The Morgan fingerprint density at radius 2 is 1.47 bits per heavy atom. The van der Waals surface area contributed by atoms with Gasteiger partial charge >= 0.3 is 0 Å². The highest BCUT2D eigenvalue weighted by Crippen LogP contribution is 2.41. The first kappa shape index (κ1) is 19.7. The molecule has 4 rings (SSSR count). The minimum atomic E-state index is -0.908. The average Bonchev–Trinajstić information content (AvgIpc) is 2.77. The van der Waals surface area contributed by atoms with Crippen LogP contribution < -0.4 is 14.2 Å². The summed E-state index contributed by atoms with van der Waals surface area (Å²) in [5.74, 6) is 0.812. The third-order valence-corrected chi connectivity index (χ3v) is 4.76. The molecule has 152 valence electrons. The van der Waals surface area contributed by atoms with Crippen LogP contribution in [0.3, 0.4) is 0 Å². The molecule has 0 saturated carbocycles. The lowest BCUT2D eigenvalue weighted by Crippen LogP contribution is -1.94. The van der Waals surface area contributed by atoms with Gasteiger partial charge in [0.25, 0.3) is 0 Å². The summed E-state index contributed by atoms with van der Waals surface area (Å²) < 4.78 is 44.4. The molecule has 0 aromatic heterocycles. The fraction of sp³-hybridized carbons (Fsp3) is 0.120. The van der Waals surface area contributed by atoms with E-state index in [0.29, 0.717) is 29.2 Å². The molecule has 0 spiro atoms. The predicted molar refractivity (Wildman–Crippen MR) is 114 cm³/mol. The molecule has 0 heterocycles. The zero-order chi connectivity index (χ0) is 21.1. The molecule has 0 saturated heterocycles. The Balaban J connectivity index is 1.85. The van der Waals surface area contributed by atoms with Gasteiger partial charge in [-0.3, -0.25) is 0 Å². The number of hydrogen-bond donors (Lipinski definition) is 0. The summed E-state index contributed by atoms with van der Waals surface area (Å²) >= 11 is 0. The average molecular weight is 406 g/mol. The van der Waals surface area contributed by atoms with E-state index in [-0.39, 0.29) is 0 Å². The van der Waals surface area contributed by atoms with Gasteiger partial charge in [0.1, 0.15) is 23.0 Å². The van der Waals surface area contributed by atoms with Crippen LogP contribution in [0.4, 0.5) is 8.78 Å². The second-order valence-electron chi connectivity index (χ2n) is 6.66. The molecule has 0 radical (unpaired) electrons. The van der Waals surface area contributed by atoms with Gasteiger partial charge in [-0.1, -0.05) is 12.1 Å². The molecule has 30 heavy (non-hydrogen) atoms. The predicted octanol–water partition coefficient (Wildman–Crippen LogP) is 6.98. The Morgan fingerprint density at radius 3 is 2.17 bits per heavy atom. The molecule has 0 atom stereocenters. The van der Waals surface area contributed by atoms with E-state index in [1.165, 1.54) is 12.1 Å². The van der Waals surface area contributed by atoms with E-state index in [1.807, 2.05) is 61.5 Å². The Kier molecular flexibility index (Phi) is 5.53. The monoisotopic (exact) mass is 406 g/mol. The quantitative estimate of drug-likeness (QED) is 0.346. The molecule has 0 N–H and O–H groups in total. The summed E-state index contributed by atoms with van der Waals surface area (Å²) in [4.78, 5) is 0. The lowest BCUT2D eigenvalue weighted by molar-refractivity contribution is 0.339. The fourth-order valence-corrected chi connectivity index (χ4v) is 3.30. The molecule has 3 nitrogen and oxygen atoms in total. The van der Waals surface area contributed by atoms with E-state index in [2.05, 4.69) is 0 Å². The number of hydrogen-bond acceptors (Lipinski definition) is 3. The maximum absolute atomic E-state index is 13.9. The Bertz CT molecular complexity index is 1190. The highest BCUT2D eigenvalue weighted by molar-refractivity contribution is 5.96. The number of halogens is 2. The molecular formula is C25H20F2O3. The Hall–Kier alpha value is -3.60. The summed E-state index contributed by atoms with van der Waals surface area (Å²) in [7, 11) is 1.61. The highest BCUT2D eigenvalue weighted by atomic mass is 19.2. The van der Waals surface area contributed by atoms with E-state index >= 15 is 0 Å². The first-order valence-corrected chi connectivity index (χ1v) is 9.56. The van der Waals surface area contributed by atoms with E-state index in [4.69, 9.17) is 14.2 Å². The summed E-state index contributed by atoms with van der Waals surface area (Å²) in [6, 6.07) is 20.4. The summed E-state index contributed by atoms with van der Waals surface area (Å²) in [5, 5.41) is 1.73. The van der Waals surface area contributed by atoms with Gasteiger partial charge in [0.15, 0.2) is 11.6 Å². The van der Waals surface area contributed by atoms with Crippen LogP contribution in [-0.4, -0.2) is 13.7 Å². The van der Waals surface area contributed by atoms with Crippen molar-refractivity contribution in [3.8, 4) is 34.1 Å². The largest absolute Gasteiger partial charge is 0.497 e. The lowest BCUT2D eigenvalue weighted by atomic mass is 9.99. The van der Waals surface area contributed by atoms with Crippen molar-refractivity contribution in [2.75, 3.05) is 13.7 Å². The Morgan fingerprint density at radius 1 is 0.733 bits per heavy atom. The van der Waals surface area contributed by atoms with E-state index < -0.39 is 11.6 Å². The van der Waals surface area contributed by atoms with E-state index in [9.17, 15) is 8.78 Å². The van der Waals surface area contributed by atoms with Crippen molar-refractivity contribution in [2.24, 2.45) is 0 Å². The second kappa shape index (κ2) is 8.41. The van der Waals surface area contributed by atoms with Crippen LogP contribution in [0.15, 0.2) is 72.8 Å². The van der Waals surface area contributed by atoms with Crippen molar-refractivity contribution in [2.45, 2.75) is 6.92 Å². The van der Waals surface area contributed by atoms with Gasteiger partial charge in [0, 0.05) is 10.9 Å². The Labute approximate surface area is 173 Å². The van der Waals surface area contributed by atoms with Crippen LogP contribution in [0.1, 0.15) is 6.92 Å². The van der Waals surface area contributed by atoms with Gasteiger partial charge in [0.05, 0.1) is 13.7 Å². The van der Waals surface area contributed by atoms with Crippen LogP contribution in [0, 0.1) is 11.6 Å². The topological polar surface area (TPSA) is 27.7 Å². The molecule has 0 aliphatic carbocycles. The van der Waals surface area contributed by atoms with Crippen LogP contribution >= 0.6 is 0 Å². The molecule has 0 fully saturated rings. The van der Waals surface area contributed by atoms with Gasteiger partial charge in [-0.25, -0.2) is 8.78 Å². The molecular weight excluding hydrogens is 386 g/mol. The van der Waals surface area contributed by atoms with Crippen LogP contribution in [0.2, 0.25) is 0 Å². The molecule has 0 aliphatic rings. The number of rotatable bonds is 6. The van der Waals surface area contributed by atoms with Crippen molar-refractivity contribution in [3.63, 3.8) is 0 Å². The standard InChI is InChI=1S/C25H20F2O3/c1-3-29-18-6-8-19(9-7-18)30-25-21(17-5-13-23(26)24(27)15-17)11-4-16-14-20(28-2)10-12-22(16)25/h4-15H,3H2,1-2H3. The highest BCUT2D eigenvalue weighted by Gasteiger charge is 2.15. The number of benzene rings is 4. The fourth-order valence-electron chi connectivity index (χ4n) is 3.30. The molecule has 0 unspecified atom stereocenters. The number of ether oxygens (including phenoxy) is 3. The molecule has 4 aromatic carbocycles. The first-order valence-electron chi connectivity index (χ1n) is 9.56. The number of fused-ring (bicyclic) bond motifs is 1. The van der Waals surface area contributed by atoms with Gasteiger partial charge in [-0.15, -0.1) is 0 Å². The van der Waals surface area contributed by atoms with Gasteiger partial charge in [-0.05, 0) is 78.5 Å². The molecule has 0 amide bonds. The minimum Gasteiger partial charge on any atom is -0.497 e. The molecule has 0 bridgehead atoms. The first-order chi connectivity index (χ1) is 14.6. The van der Waals surface area contributed by atoms with Crippen LogP contribution in [0.5, 0.6) is 23.0 Å². The molecule has 4 aromatic rings. The van der Waals surface area contributed by atoms with Crippen molar-refractivity contribution in [3.05, 3.63) is 84.4 Å².